The molecule has 3 fully saturated rings. The number of rotatable bonds is 4. The maximum Gasteiger partial charge on any atom is 0.0477 e. The van der Waals surface area contributed by atoms with E-state index in [1.807, 2.05) is 11.3 Å². The fraction of sp³-hybridized carbons (Fsp3) is 0.778. The number of thiophene rings is 1. The minimum Gasteiger partial charge on any atom is -0.396 e. The molecule has 3 nitrogen and oxygen atoms in total. The molecule has 4 heteroatoms. The molecule has 1 spiro atoms. The number of aliphatic hydroxyl groups excluding tert-OH is 1. The summed E-state index contributed by atoms with van der Waals surface area (Å²) in [7, 11) is 0. The molecule has 2 aliphatic heterocycles. The lowest BCUT2D eigenvalue weighted by Crippen LogP contribution is -2.45. The lowest BCUT2D eigenvalue weighted by Gasteiger charge is -2.43. The average Bonchev–Trinajstić information content (AvgIpc) is 3.08. The first kappa shape index (κ1) is 15.1. The minimum atomic E-state index is 0.383. The molecule has 3 aliphatic rings. The van der Waals surface area contributed by atoms with E-state index in [1.54, 1.807) is 0 Å². The highest BCUT2D eigenvalue weighted by Gasteiger charge is 2.49. The summed E-state index contributed by atoms with van der Waals surface area (Å²) in [6.45, 7) is 6.29. The standard InChI is InChI=1S/C18H28N2OS/c21-13-15-11-20(16-3-1-4-16)14-18(15)6-8-19(9-7-18)12-17-5-2-10-22-17/h2,5,10,15-16,21H,1,3-4,6-9,11-14H2. The molecule has 1 atom stereocenters. The second kappa shape index (κ2) is 6.23. The van der Waals surface area contributed by atoms with Crippen molar-refractivity contribution in [3.8, 4) is 0 Å². The summed E-state index contributed by atoms with van der Waals surface area (Å²) in [4.78, 5) is 6.80. The highest BCUT2D eigenvalue weighted by Crippen LogP contribution is 2.47. The molecule has 22 heavy (non-hydrogen) atoms. The van der Waals surface area contributed by atoms with E-state index in [0.29, 0.717) is 17.9 Å². The zero-order valence-corrected chi connectivity index (χ0v) is 14.2. The first-order valence-corrected chi connectivity index (χ1v) is 9.77. The Morgan fingerprint density at radius 3 is 2.68 bits per heavy atom. The van der Waals surface area contributed by atoms with Gasteiger partial charge in [0.05, 0.1) is 0 Å². The monoisotopic (exact) mass is 320 g/mol. The van der Waals surface area contributed by atoms with Crippen molar-refractivity contribution in [2.24, 2.45) is 11.3 Å². The van der Waals surface area contributed by atoms with Gasteiger partial charge in [0, 0.05) is 43.1 Å². The van der Waals surface area contributed by atoms with Crippen molar-refractivity contribution in [2.75, 3.05) is 32.8 Å². The van der Waals surface area contributed by atoms with Crippen LogP contribution in [0.3, 0.4) is 0 Å². The fourth-order valence-corrected chi connectivity index (χ4v) is 5.45. The second-order valence-corrected chi connectivity index (χ2v) is 8.64. The summed E-state index contributed by atoms with van der Waals surface area (Å²) in [5.74, 6) is 0.511. The van der Waals surface area contributed by atoms with E-state index in [-0.39, 0.29) is 0 Å². The molecule has 0 bridgehead atoms. The normalized spacial score (nSPS) is 30.0. The average molecular weight is 321 g/mol. The summed E-state index contributed by atoms with van der Waals surface area (Å²) < 4.78 is 0. The molecular weight excluding hydrogens is 292 g/mol. The van der Waals surface area contributed by atoms with Gasteiger partial charge < -0.3 is 5.11 Å². The second-order valence-electron chi connectivity index (χ2n) is 7.61. The Balaban J connectivity index is 1.37. The number of piperidine rings is 1. The Morgan fingerprint density at radius 2 is 2.09 bits per heavy atom. The van der Waals surface area contributed by atoms with Gasteiger partial charge in [-0.3, -0.25) is 9.80 Å². The summed E-state index contributed by atoms with van der Waals surface area (Å²) >= 11 is 1.87. The van der Waals surface area contributed by atoms with E-state index in [4.69, 9.17) is 0 Å². The summed E-state index contributed by atoms with van der Waals surface area (Å²) in [6, 6.07) is 5.23. The summed E-state index contributed by atoms with van der Waals surface area (Å²) in [5.41, 5.74) is 0.399. The smallest absolute Gasteiger partial charge is 0.0477 e. The first-order chi connectivity index (χ1) is 10.8. The molecule has 1 aliphatic carbocycles. The Labute approximate surface area is 137 Å². The molecule has 122 valence electrons. The van der Waals surface area contributed by atoms with Gasteiger partial charge >= 0.3 is 0 Å². The van der Waals surface area contributed by atoms with Crippen molar-refractivity contribution in [3.63, 3.8) is 0 Å². The lowest BCUT2D eigenvalue weighted by molar-refractivity contribution is 0.0458. The van der Waals surface area contributed by atoms with Crippen LogP contribution in [0.4, 0.5) is 0 Å². The molecule has 0 amide bonds. The molecule has 1 aromatic rings. The number of likely N-dealkylation sites (tertiary alicyclic amines) is 2. The molecule has 3 heterocycles. The Kier molecular flexibility index (Phi) is 4.29. The van der Waals surface area contributed by atoms with Crippen LogP contribution in [0.1, 0.15) is 37.0 Å². The number of hydrogen-bond donors (Lipinski definition) is 1. The van der Waals surface area contributed by atoms with E-state index in [9.17, 15) is 5.11 Å². The topological polar surface area (TPSA) is 26.7 Å². The third-order valence-electron chi connectivity index (χ3n) is 6.46. The highest BCUT2D eigenvalue weighted by molar-refractivity contribution is 7.09. The zero-order valence-electron chi connectivity index (χ0n) is 13.4. The Bertz CT molecular complexity index is 477. The number of nitrogens with zero attached hydrogens (tertiary/aromatic N) is 2. The van der Waals surface area contributed by atoms with Gasteiger partial charge in [0.1, 0.15) is 0 Å². The van der Waals surface area contributed by atoms with Crippen molar-refractivity contribution in [1.82, 2.24) is 9.80 Å². The van der Waals surface area contributed by atoms with Crippen molar-refractivity contribution in [3.05, 3.63) is 22.4 Å². The third-order valence-corrected chi connectivity index (χ3v) is 7.32. The van der Waals surface area contributed by atoms with Crippen LogP contribution in [0.25, 0.3) is 0 Å². The van der Waals surface area contributed by atoms with Gasteiger partial charge in [0.2, 0.25) is 0 Å². The highest BCUT2D eigenvalue weighted by atomic mass is 32.1. The third kappa shape index (κ3) is 2.75. The summed E-state index contributed by atoms with van der Waals surface area (Å²) in [5, 5.41) is 12.1. The van der Waals surface area contributed by atoms with Gasteiger partial charge in [-0.2, -0.15) is 0 Å². The SMILES string of the molecule is OCC1CN(C2CCC2)CC12CCN(Cc1cccs1)CC2. The van der Waals surface area contributed by atoms with Crippen LogP contribution in [0, 0.1) is 11.3 Å². The Morgan fingerprint density at radius 1 is 1.27 bits per heavy atom. The predicted molar refractivity (Wildman–Crippen MR) is 91.1 cm³/mol. The van der Waals surface area contributed by atoms with E-state index in [0.717, 1.165) is 19.1 Å². The largest absolute Gasteiger partial charge is 0.396 e. The maximum atomic E-state index is 9.91. The van der Waals surface area contributed by atoms with Crippen LogP contribution in [0.15, 0.2) is 17.5 Å². The molecule has 1 aromatic heterocycles. The van der Waals surface area contributed by atoms with E-state index in [2.05, 4.69) is 27.3 Å². The van der Waals surface area contributed by atoms with Crippen LogP contribution in [-0.2, 0) is 6.54 Å². The van der Waals surface area contributed by atoms with Gasteiger partial charge in [-0.15, -0.1) is 11.3 Å². The molecule has 0 aromatic carbocycles. The molecule has 4 rings (SSSR count). The molecular formula is C18H28N2OS. The summed E-state index contributed by atoms with van der Waals surface area (Å²) in [6.07, 6.45) is 6.73. The lowest BCUT2D eigenvalue weighted by atomic mass is 9.71. The van der Waals surface area contributed by atoms with Gasteiger partial charge in [0.25, 0.3) is 0 Å². The van der Waals surface area contributed by atoms with E-state index < -0.39 is 0 Å². The van der Waals surface area contributed by atoms with E-state index in [1.165, 1.54) is 56.6 Å². The fourth-order valence-electron chi connectivity index (χ4n) is 4.70. The molecule has 2 saturated heterocycles. The minimum absolute atomic E-state index is 0.383. The van der Waals surface area contributed by atoms with Gasteiger partial charge in [-0.05, 0) is 55.6 Å². The van der Waals surface area contributed by atoms with Gasteiger partial charge in [0.15, 0.2) is 0 Å². The number of hydrogen-bond acceptors (Lipinski definition) is 4. The van der Waals surface area contributed by atoms with Crippen molar-refractivity contribution in [1.29, 1.82) is 0 Å². The molecule has 1 unspecified atom stereocenters. The van der Waals surface area contributed by atoms with Crippen molar-refractivity contribution >= 4 is 11.3 Å². The Hall–Kier alpha value is -0.420. The van der Waals surface area contributed by atoms with Crippen LogP contribution < -0.4 is 0 Å². The maximum absolute atomic E-state index is 9.91. The van der Waals surface area contributed by atoms with Crippen LogP contribution in [0.2, 0.25) is 0 Å². The molecule has 0 radical (unpaired) electrons. The van der Waals surface area contributed by atoms with Crippen molar-refractivity contribution in [2.45, 2.75) is 44.7 Å². The van der Waals surface area contributed by atoms with Crippen molar-refractivity contribution < 1.29 is 5.11 Å². The molecule has 1 N–H and O–H groups in total. The van der Waals surface area contributed by atoms with Gasteiger partial charge in [-0.25, -0.2) is 0 Å². The quantitative estimate of drug-likeness (QED) is 0.924. The van der Waals surface area contributed by atoms with E-state index >= 15 is 0 Å². The molecule has 1 saturated carbocycles. The van der Waals surface area contributed by atoms with Crippen LogP contribution in [0.5, 0.6) is 0 Å². The van der Waals surface area contributed by atoms with Crippen LogP contribution in [-0.4, -0.2) is 53.7 Å². The van der Waals surface area contributed by atoms with Gasteiger partial charge in [-0.1, -0.05) is 12.5 Å². The first-order valence-electron chi connectivity index (χ1n) is 8.89. The predicted octanol–water partition coefficient (Wildman–Crippen LogP) is 2.81. The van der Waals surface area contributed by atoms with Crippen LogP contribution >= 0.6 is 11.3 Å². The number of aliphatic hydroxyl groups is 1. The zero-order chi connectivity index (χ0) is 15.0.